The van der Waals surface area contributed by atoms with E-state index in [0.717, 1.165) is 24.0 Å². The molecule has 0 radical (unpaired) electrons. The summed E-state index contributed by atoms with van der Waals surface area (Å²) < 4.78 is 0.643. The maximum atomic E-state index is 12.0. The second-order valence-electron chi connectivity index (χ2n) is 4.19. The maximum Gasteiger partial charge on any atom is 0.368 e. The molecular formula is C13H13N3O3. The van der Waals surface area contributed by atoms with Gasteiger partial charge in [-0.25, -0.2) is 0 Å². The number of aryl methyl sites for hydroxylation is 2. The average molecular weight is 259 g/mol. The first-order chi connectivity index (χ1) is 9.04. The molecule has 6 nitrogen and oxygen atoms in total. The molecule has 0 fully saturated rings. The van der Waals surface area contributed by atoms with E-state index in [4.69, 9.17) is 5.26 Å². The molecule has 1 N–H and O–H groups in total. The molecule has 0 aliphatic carbocycles. The van der Waals surface area contributed by atoms with Crippen molar-refractivity contribution in [2.75, 3.05) is 0 Å². The molecule has 0 bridgehead atoms. The Bertz CT molecular complexity index is 757. The van der Waals surface area contributed by atoms with Crippen molar-refractivity contribution in [1.29, 1.82) is 5.26 Å². The van der Waals surface area contributed by atoms with Gasteiger partial charge >= 0.3 is 11.3 Å². The monoisotopic (exact) mass is 259 g/mol. The largest absolute Gasteiger partial charge is 0.617 e. The lowest BCUT2D eigenvalue weighted by Crippen LogP contribution is -2.42. The van der Waals surface area contributed by atoms with Gasteiger partial charge in [-0.1, -0.05) is 13.8 Å². The van der Waals surface area contributed by atoms with E-state index in [9.17, 15) is 15.2 Å². The van der Waals surface area contributed by atoms with Gasteiger partial charge < -0.3 is 10.4 Å². The number of benzene rings is 1. The van der Waals surface area contributed by atoms with Crippen molar-refractivity contribution in [2.24, 2.45) is 0 Å². The Labute approximate surface area is 109 Å². The van der Waals surface area contributed by atoms with E-state index in [-0.39, 0.29) is 15.8 Å². The molecule has 0 aliphatic heterocycles. The standard InChI is InChI=1S/C13H13N3O3/c1-3-8-5-10-11(6-9(8)4-2)16(19)13(17)12(7-14)15(10)18/h5-6,19H,3-4H2,1-2H3. The van der Waals surface area contributed by atoms with Gasteiger partial charge in [-0.05, 0) is 30.0 Å². The van der Waals surface area contributed by atoms with Gasteiger partial charge in [-0.15, -0.1) is 9.46 Å². The smallest absolute Gasteiger partial charge is 0.368 e. The van der Waals surface area contributed by atoms with Crippen LogP contribution >= 0.6 is 0 Å². The molecule has 1 aromatic heterocycles. The summed E-state index contributed by atoms with van der Waals surface area (Å²) in [5.74, 6) is 0. The van der Waals surface area contributed by atoms with Crippen LogP contribution in [0.25, 0.3) is 11.0 Å². The summed E-state index contributed by atoms with van der Waals surface area (Å²) in [5, 5.41) is 30.6. The summed E-state index contributed by atoms with van der Waals surface area (Å²) in [4.78, 5) is 11.7. The van der Waals surface area contributed by atoms with Crippen molar-refractivity contribution < 1.29 is 9.94 Å². The first kappa shape index (κ1) is 12.9. The van der Waals surface area contributed by atoms with E-state index in [1.807, 2.05) is 13.8 Å². The molecule has 19 heavy (non-hydrogen) atoms. The van der Waals surface area contributed by atoms with E-state index in [1.165, 1.54) is 6.07 Å². The van der Waals surface area contributed by atoms with Crippen molar-refractivity contribution in [3.63, 3.8) is 0 Å². The first-order valence-corrected chi connectivity index (χ1v) is 5.98. The minimum atomic E-state index is -1.00. The third-order valence-corrected chi connectivity index (χ3v) is 3.21. The van der Waals surface area contributed by atoms with Gasteiger partial charge in [0.15, 0.2) is 11.6 Å². The number of nitrogens with zero attached hydrogens (tertiary/aromatic N) is 3. The van der Waals surface area contributed by atoms with Crippen molar-refractivity contribution >= 4 is 11.0 Å². The lowest BCUT2D eigenvalue weighted by molar-refractivity contribution is -0.581. The first-order valence-electron chi connectivity index (χ1n) is 5.98. The number of hydrogen-bond acceptors (Lipinski definition) is 4. The van der Waals surface area contributed by atoms with Crippen LogP contribution in [0.5, 0.6) is 0 Å². The van der Waals surface area contributed by atoms with Gasteiger partial charge in [0.25, 0.3) is 0 Å². The third-order valence-electron chi connectivity index (χ3n) is 3.21. The molecule has 0 saturated heterocycles. The Morgan fingerprint density at radius 1 is 1.37 bits per heavy atom. The Kier molecular flexibility index (Phi) is 3.13. The Hall–Kier alpha value is -2.55. The van der Waals surface area contributed by atoms with Crippen LogP contribution in [0, 0.1) is 16.5 Å². The number of nitriles is 1. The predicted octanol–water partition coefficient (Wildman–Crippen LogP) is 0.869. The van der Waals surface area contributed by atoms with Crippen LogP contribution < -0.4 is 10.3 Å². The summed E-state index contributed by atoms with van der Waals surface area (Å²) >= 11 is 0. The van der Waals surface area contributed by atoms with Crippen LogP contribution in [0.4, 0.5) is 0 Å². The highest BCUT2D eigenvalue weighted by atomic mass is 16.5. The number of rotatable bonds is 2. The molecule has 98 valence electrons. The third kappa shape index (κ3) is 1.80. The normalized spacial score (nSPS) is 10.6. The van der Waals surface area contributed by atoms with Gasteiger partial charge in [-0.3, -0.25) is 4.79 Å². The van der Waals surface area contributed by atoms with Gasteiger partial charge in [-0.2, -0.15) is 5.26 Å². The van der Waals surface area contributed by atoms with Crippen molar-refractivity contribution in [3.8, 4) is 6.07 Å². The predicted molar refractivity (Wildman–Crippen MR) is 67.8 cm³/mol. The molecule has 2 rings (SSSR count). The number of aromatic nitrogens is 2. The van der Waals surface area contributed by atoms with E-state index in [2.05, 4.69) is 0 Å². The van der Waals surface area contributed by atoms with Crippen molar-refractivity contribution in [3.05, 3.63) is 44.5 Å². The fourth-order valence-electron chi connectivity index (χ4n) is 2.16. The molecule has 0 amide bonds. The highest BCUT2D eigenvalue weighted by Crippen LogP contribution is 2.18. The van der Waals surface area contributed by atoms with Crippen molar-refractivity contribution in [2.45, 2.75) is 26.7 Å². The zero-order chi connectivity index (χ0) is 14.2. The molecular weight excluding hydrogens is 246 g/mol. The Morgan fingerprint density at radius 2 is 1.95 bits per heavy atom. The minimum Gasteiger partial charge on any atom is -0.617 e. The Morgan fingerprint density at radius 3 is 2.47 bits per heavy atom. The lowest BCUT2D eigenvalue weighted by atomic mass is 10.0. The average Bonchev–Trinajstić information content (AvgIpc) is 2.44. The van der Waals surface area contributed by atoms with E-state index in [0.29, 0.717) is 4.73 Å². The van der Waals surface area contributed by atoms with Crippen LogP contribution in [0.3, 0.4) is 0 Å². The van der Waals surface area contributed by atoms with Gasteiger partial charge in [0.1, 0.15) is 0 Å². The summed E-state index contributed by atoms with van der Waals surface area (Å²) in [5.41, 5.74) is 0.516. The highest BCUT2D eigenvalue weighted by Gasteiger charge is 2.21. The van der Waals surface area contributed by atoms with Crippen molar-refractivity contribution in [1.82, 2.24) is 4.73 Å². The van der Waals surface area contributed by atoms with E-state index in [1.54, 1.807) is 12.1 Å². The van der Waals surface area contributed by atoms with Crippen LogP contribution in [0.15, 0.2) is 16.9 Å². The molecule has 0 spiro atoms. The fraction of sp³-hybridized carbons (Fsp3) is 0.308. The molecule has 6 heteroatoms. The maximum absolute atomic E-state index is 12.0. The molecule has 0 saturated carbocycles. The van der Waals surface area contributed by atoms with Gasteiger partial charge in [0.05, 0.1) is 0 Å². The van der Waals surface area contributed by atoms with Gasteiger partial charge in [0, 0.05) is 6.07 Å². The summed E-state index contributed by atoms with van der Waals surface area (Å²) in [7, 11) is 0. The number of hydrogen-bond donors (Lipinski definition) is 1. The van der Waals surface area contributed by atoms with Crippen LogP contribution in [-0.2, 0) is 12.8 Å². The van der Waals surface area contributed by atoms with E-state index >= 15 is 0 Å². The van der Waals surface area contributed by atoms with Crippen LogP contribution in [0.2, 0.25) is 0 Å². The summed E-state index contributed by atoms with van der Waals surface area (Å²) in [6.45, 7) is 3.91. The summed E-state index contributed by atoms with van der Waals surface area (Å²) in [6, 6.07) is 4.76. The SMILES string of the molecule is CCc1cc2c(cc1CC)[n+]([O-])c(C#N)c(=O)n2O. The lowest BCUT2D eigenvalue weighted by Gasteiger charge is -2.10. The highest BCUT2D eigenvalue weighted by molar-refractivity contribution is 5.74. The zero-order valence-electron chi connectivity index (χ0n) is 10.7. The topological polar surface area (TPSA) is 93.0 Å². The summed E-state index contributed by atoms with van der Waals surface area (Å²) in [6.07, 6.45) is 1.46. The molecule has 0 unspecified atom stereocenters. The molecule has 0 atom stereocenters. The molecule has 2 aromatic rings. The second-order valence-corrected chi connectivity index (χ2v) is 4.19. The minimum absolute atomic E-state index is 0.118. The quantitative estimate of drug-likeness (QED) is 0.492. The van der Waals surface area contributed by atoms with Gasteiger partial charge in [0.2, 0.25) is 5.52 Å². The van der Waals surface area contributed by atoms with E-state index < -0.39 is 11.3 Å². The fourth-order valence-corrected chi connectivity index (χ4v) is 2.16. The zero-order valence-corrected chi connectivity index (χ0v) is 10.7. The molecule has 1 aromatic carbocycles. The second kappa shape index (κ2) is 4.61. The Balaban J connectivity index is 3.01. The molecule has 1 heterocycles. The number of fused-ring (bicyclic) bond motifs is 1. The van der Waals surface area contributed by atoms with Crippen LogP contribution in [0.1, 0.15) is 30.7 Å². The van der Waals surface area contributed by atoms with Crippen LogP contribution in [-0.4, -0.2) is 9.94 Å². The molecule has 0 aliphatic rings.